The highest BCUT2D eigenvalue weighted by Gasteiger charge is 2.10. The van der Waals surface area contributed by atoms with Gasteiger partial charge in [0.2, 0.25) is 0 Å². The number of carboxylic acid groups (broad SMARTS) is 1. The molecule has 0 aliphatic carbocycles. The van der Waals surface area contributed by atoms with Gasteiger partial charge in [0.15, 0.2) is 0 Å². The molecule has 0 aromatic heterocycles. The number of hydrogen-bond acceptors (Lipinski definition) is 3. The number of aliphatic carboxylic acids is 1. The van der Waals surface area contributed by atoms with Crippen LogP contribution in [0.2, 0.25) is 0 Å². The van der Waals surface area contributed by atoms with E-state index in [1.807, 2.05) is 31.2 Å². The summed E-state index contributed by atoms with van der Waals surface area (Å²) in [5, 5.41) is 8.87. The smallest absolute Gasteiger partial charge is 0.303 e. The molecule has 0 saturated heterocycles. The van der Waals surface area contributed by atoms with Crippen LogP contribution in [0, 0.1) is 0 Å². The molecule has 0 radical (unpaired) electrons. The summed E-state index contributed by atoms with van der Waals surface area (Å²) in [4.78, 5) is 11.5. The molecule has 1 atom stereocenters. The summed E-state index contributed by atoms with van der Waals surface area (Å²) in [6, 6.07) is 7.77. The average Bonchev–Trinajstić information content (AvgIpc) is 2.27. The van der Waals surface area contributed by atoms with E-state index in [1.165, 1.54) is 0 Å². The Balaban J connectivity index is 2.55. The van der Waals surface area contributed by atoms with Crippen molar-refractivity contribution in [2.24, 2.45) is 0 Å². The lowest BCUT2D eigenvalue weighted by molar-refractivity contribution is -0.137. The summed E-state index contributed by atoms with van der Waals surface area (Å²) in [6.45, 7) is 2.03. The molecule has 1 aromatic rings. The van der Waals surface area contributed by atoms with Crippen LogP contribution in [0.15, 0.2) is 29.2 Å². The normalized spacial score (nSPS) is 12.1. The third kappa shape index (κ3) is 4.14. The van der Waals surface area contributed by atoms with Crippen LogP contribution in [-0.4, -0.2) is 23.4 Å². The standard InChI is InChI=1S/C12H16O3S/c1-9(7-8-12(13)14)16-11-6-4-3-5-10(11)15-2/h3-6,9H,7-8H2,1-2H3,(H,13,14). The van der Waals surface area contributed by atoms with Gasteiger partial charge in [-0.1, -0.05) is 19.1 Å². The van der Waals surface area contributed by atoms with E-state index in [1.54, 1.807) is 18.9 Å². The molecule has 0 saturated carbocycles. The van der Waals surface area contributed by atoms with E-state index in [4.69, 9.17) is 9.84 Å². The Hall–Kier alpha value is -1.16. The molecular formula is C12H16O3S. The molecule has 0 spiro atoms. The van der Waals surface area contributed by atoms with Gasteiger partial charge in [-0.3, -0.25) is 4.79 Å². The maximum atomic E-state index is 10.4. The molecule has 1 rings (SSSR count). The summed E-state index contributed by atoms with van der Waals surface area (Å²) >= 11 is 1.65. The Morgan fingerprint density at radius 1 is 1.50 bits per heavy atom. The summed E-state index contributed by atoms with van der Waals surface area (Å²) < 4.78 is 5.23. The summed E-state index contributed by atoms with van der Waals surface area (Å²) in [5.74, 6) is 0.0992. The molecule has 1 N–H and O–H groups in total. The number of hydrogen-bond donors (Lipinski definition) is 1. The second-order valence-corrected chi connectivity index (χ2v) is 4.99. The molecule has 88 valence electrons. The largest absolute Gasteiger partial charge is 0.496 e. The van der Waals surface area contributed by atoms with Crippen LogP contribution >= 0.6 is 11.8 Å². The molecule has 3 nitrogen and oxygen atoms in total. The minimum absolute atomic E-state index is 0.212. The molecule has 0 aliphatic rings. The van der Waals surface area contributed by atoms with Crippen molar-refractivity contribution < 1.29 is 14.6 Å². The number of thioether (sulfide) groups is 1. The fraction of sp³-hybridized carbons (Fsp3) is 0.417. The first-order valence-electron chi connectivity index (χ1n) is 5.15. The van der Waals surface area contributed by atoms with E-state index in [0.29, 0.717) is 6.42 Å². The molecule has 0 amide bonds. The Kier molecular flexibility index (Phi) is 5.19. The number of ether oxygens (including phenoxy) is 1. The first-order chi connectivity index (χ1) is 7.63. The number of methoxy groups -OCH3 is 1. The summed E-state index contributed by atoms with van der Waals surface area (Å²) in [6.07, 6.45) is 0.876. The zero-order chi connectivity index (χ0) is 12.0. The fourth-order valence-electron chi connectivity index (χ4n) is 1.32. The summed E-state index contributed by atoms with van der Waals surface area (Å²) in [5.41, 5.74) is 0. The zero-order valence-corrected chi connectivity index (χ0v) is 10.3. The Morgan fingerprint density at radius 3 is 2.81 bits per heavy atom. The van der Waals surface area contributed by atoms with Crippen molar-refractivity contribution in [1.29, 1.82) is 0 Å². The molecular weight excluding hydrogens is 224 g/mol. The van der Waals surface area contributed by atoms with Crippen LogP contribution in [0.5, 0.6) is 5.75 Å². The number of benzene rings is 1. The quantitative estimate of drug-likeness (QED) is 0.776. The van der Waals surface area contributed by atoms with E-state index in [0.717, 1.165) is 10.6 Å². The van der Waals surface area contributed by atoms with Gasteiger partial charge in [-0.05, 0) is 18.6 Å². The lowest BCUT2D eigenvalue weighted by Crippen LogP contribution is -2.02. The van der Waals surface area contributed by atoms with Crippen molar-refractivity contribution in [1.82, 2.24) is 0 Å². The van der Waals surface area contributed by atoms with E-state index < -0.39 is 5.97 Å². The van der Waals surface area contributed by atoms with Crippen LogP contribution in [0.25, 0.3) is 0 Å². The lowest BCUT2D eigenvalue weighted by atomic mass is 10.2. The van der Waals surface area contributed by atoms with Crippen molar-refractivity contribution >= 4 is 17.7 Å². The van der Waals surface area contributed by atoms with Gasteiger partial charge in [0, 0.05) is 16.6 Å². The Bertz CT molecular complexity index is 352. The molecule has 16 heavy (non-hydrogen) atoms. The Labute approximate surface area is 99.8 Å². The third-order valence-corrected chi connectivity index (χ3v) is 3.39. The van der Waals surface area contributed by atoms with Gasteiger partial charge in [0.05, 0.1) is 7.11 Å². The van der Waals surface area contributed by atoms with Crippen molar-refractivity contribution in [3.05, 3.63) is 24.3 Å². The van der Waals surface area contributed by atoms with Crippen LogP contribution in [0.4, 0.5) is 0 Å². The highest BCUT2D eigenvalue weighted by Crippen LogP contribution is 2.33. The van der Waals surface area contributed by atoms with Crippen LogP contribution in [0.1, 0.15) is 19.8 Å². The maximum Gasteiger partial charge on any atom is 0.303 e. The molecule has 0 bridgehead atoms. The van der Waals surface area contributed by atoms with E-state index in [-0.39, 0.29) is 11.7 Å². The Morgan fingerprint density at radius 2 is 2.19 bits per heavy atom. The van der Waals surface area contributed by atoms with Crippen molar-refractivity contribution in [3.63, 3.8) is 0 Å². The molecule has 0 heterocycles. The second-order valence-electron chi connectivity index (χ2n) is 3.51. The lowest BCUT2D eigenvalue weighted by Gasteiger charge is -2.12. The molecule has 1 aromatic carbocycles. The van der Waals surface area contributed by atoms with E-state index in [2.05, 4.69) is 0 Å². The first kappa shape index (κ1) is 12.9. The monoisotopic (exact) mass is 240 g/mol. The third-order valence-electron chi connectivity index (χ3n) is 2.16. The average molecular weight is 240 g/mol. The second kappa shape index (κ2) is 6.43. The minimum atomic E-state index is -0.743. The summed E-state index contributed by atoms with van der Waals surface area (Å²) in [7, 11) is 1.64. The van der Waals surface area contributed by atoms with Crippen molar-refractivity contribution in [3.8, 4) is 5.75 Å². The van der Waals surface area contributed by atoms with Gasteiger partial charge in [-0.25, -0.2) is 0 Å². The molecule has 0 aliphatic heterocycles. The zero-order valence-electron chi connectivity index (χ0n) is 9.47. The molecule has 4 heteroatoms. The van der Waals surface area contributed by atoms with E-state index >= 15 is 0 Å². The van der Waals surface area contributed by atoms with Gasteiger partial charge < -0.3 is 9.84 Å². The highest BCUT2D eigenvalue weighted by molar-refractivity contribution is 8.00. The van der Waals surface area contributed by atoms with Crippen LogP contribution < -0.4 is 4.74 Å². The molecule has 1 unspecified atom stereocenters. The van der Waals surface area contributed by atoms with Crippen LogP contribution in [-0.2, 0) is 4.79 Å². The van der Waals surface area contributed by atoms with Gasteiger partial charge >= 0.3 is 5.97 Å². The SMILES string of the molecule is COc1ccccc1SC(C)CCC(=O)O. The van der Waals surface area contributed by atoms with Crippen LogP contribution in [0.3, 0.4) is 0 Å². The predicted octanol–water partition coefficient (Wildman–Crippen LogP) is 3.04. The van der Waals surface area contributed by atoms with Crippen molar-refractivity contribution in [2.75, 3.05) is 7.11 Å². The van der Waals surface area contributed by atoms with Gasteiger partial charge in [0.1, 0.15) is 5.75 Å². The number of rotatable bonds is 6. The highest BCUT2D eigenvalue weighted by atomic mass is 32.2. The van der Waals surface area contributed by atoms with E-state index in [9.17, 15) is 4.79 Å². The topological polar surface area (TPSA) is 46.5 Å². The first-order valence-corrected chi connectivity index (χ1v) is 6.03. The maximum absolute atomic E-state index is 10.4. The van der Waals surface area contributed by atoms with Gasteiger partial charge in [-0.15, -0.1) is 11.8 Å². The molecule has 0 fully saturated rings. The van der Waals surface area contributed by atoms with Gasteiger partial charge in [0.25, 0.3) is 0 Å². The fourth-order valence-corrected chi connectivity index (χ4v) is 2.41. The number of para-hydroxylation sites is 1. The van der Waals surface area contributed by atoms with Gasteiger partial charge in [-0.2, -0.15) is 0 Å². The van der Waals surface area contributed by atoms with Crippen molar-refractivity contribution in [2.45, 2.75) is 29.9 Å². The number of carboxylic acids is 1. The predicted molar refractivity (Wildman–Crippen MR) is 65.2 cm³/mol. The number of carbonyl (C=O) groups is 1. The minimum Gasteiger partial charge on any atom is -0.496 e.